The molecule has 0 bridgehead atoms. The molecule has 7 heteroatoms. The van der Waals surface area contributed by atoms with Crippen LogP contribution in [0.4, 0.5) is 0 Å². The van der Waals surface area contributed by atoms with E-state index in [9.17, 15) is 4.79 Å². The lowest BCUT2D eigenvalue weighted by atomic mass is 10.1. The summed E-state index contributed by atoms with van der Waals surface area (Å²) in [5, 5.41) is 13.1. The highest BCUT2D eigenvalue weighted by atomic mass is 16.5. The number of nitrogens with zero attached hydrogens (tertiary/aromatic N) is 5. The fourth-order valence-electron chi connectivity index (χ4n) is 1.94. The summed E-state index contributed by atoms with van der Waals surface area (Å²) in [5.74, 6) is -0.402. The van der Waals surface area contributed by atoms with Gasteiger partial charge in [-0.2, -0.15) is 14.8 Å². The van der Waals surface area contributed by atoms with Crippen molar-refractivity contribution in [3.05, 3.63) is 47.9 Å². The second-order valence-corrected chi connectivity index (χ2v) is 4.16. The summed E-state index contributed by atoms with van der Waals surface area (Å²) in [4.78, 5) is 19.6. The van der Waals surface area contributed by atoms with Crippen molar-refractivity contribution in [1.82, 2.24) is 19.6 Å². The average molecular weight is 279 g/mol. The number of hydrogen-bond acceptors (Lipinski definition) is 6. The molecule has 21 heavy (non-hydrogen) atoms. The van der Waals surface area contributed by atoms with Crippen LogP contribution in [0.3, 0.4) is 0 Å². The van der Waals surface area contributed by atoms with Crippen LogP contribution in [0.1, 0.15) is 16.2 Å². The fourth-order valence-corrected chi connectivity index (χ4v) is 1.94. The number of rotatable bonds is 2. The van der Waals surface area contributed by atoms with Crippen LogP contribution in [-0.4, -0.2) is 32.7 Å². The molecule has 0 aliphatic rings. The van der Waals surface area contributed by atoms with Crippen LogP contribution in [0.25, 0.3) is 17.0 Å². The number of carbonyl (C=O) groups is 1. The maximum atomic E-state index is 11.5. The number of benzene rings is 1. The van der Waals surface area contributed by atoms with Crippen molar-refractivity contribution in [2.24, 2.45) is 0 Å². The van der Waals surface area contributed by atoms with E-state index in [1.165, 1.54) is 11.6 Å². The lowest BCUT2D eigenvalue weighted by molar-refractivity contribution is 0.0587. The Morgan fingerprint density at radius 1 is 1.38 bits per heavy atom. The number of aromatic nitrogens is 4. The minimum Gasteiger partial charge on any atom is -0.463 e. The van der Waals surface area contributed by atoms with Gasteiger partial charge in [-0.05, 0) is 18.2 Å². The molecule has 0 aliphatic carbocycles. The van der Waals surface area contributed by atoms with E-state index in [0.717, 1.165) is 5.56 Å². The summed E-state index contributed by atoms with van der Waals surface area (Å²) >= 11 is 0. The molecule has 0 N–H and O–H groups in total. The van der Waals surface area contributed by atoms with Gasteiger partial charge in [0.25, 0.3) is 11.6 Å². The molecule has 0 radical (unpaired) electrons. The molecule has 0 spiro atoms. The van der Waals surface area contributed by atoms with Crippen molar-refractivity contribution < 1.29 is 9.53 Å². The Morgan fingerprint density at radius 2 is 2.24 bits per heavy atom. The van der Waals surface area contributed by atoms with E-state index in [1.54, 1.807) is 30.5 Å². The Hall–Kier alpha value is -3.27. The fraction of sp³-hybridized carbons (Fsp3) is 0.0714. The molecule has 0 amide bonds. The van der Waals surface area contributed by atoms with E-state index in [4.69, 9.17) is 5.26 Å². The molecule has 3 aromatic rings. The first-order chi connectivity index (χ1) is 10.2. The van der Waals surface area contributed by atoms with Gasteiger partial charge in [-0.15, -0.1) is 5.10 Å². The van der Waals surface area contributed by atoms with Gasteiger partial charge in [0.1, 0.15) is 0 Å². The van der Waals surface area contributed by atoms with Crippen molar-refractivity contribution in [2.75, 3.05) is 7.11 Å². The Kier molecular flexibility index (Phi) is 3.04. The molecule has 3 rings (SSSR count). The summed E-state index contributed by atoms with van der Waals surface area (Å²) < 4.78 is 6.05. The topological polar surface area (TPSA) is 93.2 Å². The van der Waals surface area contributed by atoms with Gasteiger partial charge in [-0.1, -0.05) is 12.1 Å². The largest absolute Gasteiger partial charge is 0.463 e. The van der Waals surface area contributed by atoms with E-state index in [0.29, 0.717) is 11.3 Å². The monoisotopic (exact) mass is 279 g/mol. The van der Waals surface area contributed by atoms with Crippen LogP contribution in [0.2, 0.25) is 0 Å². The molecule has 7 nitrogen and oxygen atoms in total. The zero-order valence-corrected chi connectivity index (χ0v) is 11.0. The summed E-state index contributed by atoms with van der Waals surface area (Å²) in [6.45, 7) is 0. The van der Waals surface area contributed by atoms with Gasteiger partial charge in [-0.25, -0.2) is 9.78 Å². The molecule has 0 saturated carbocycles. The van der Waals surface area contributed by atoms with E-state index in [2.05, 4.69) is 25.9 Å². The third-order valence-corrected chi connectivity index (χ3v) is 2.90. The second-order valence-electron chi connectivity index (χ2n) is 4.16. The lowest BCUT2D eigenvalue weighted by Crippen LogP contribution is -2.04. The molecule has 2 heterocycles. The first-order valence-electron chi connectivity index (χ1n) is 6.03. The van der Waals surface area contributed by atoms with E-state index >= 15 is 0 Å². The van der Waals surface area contributed by atoms with Crippen LogP contribution < -0.4 is 0 Å². The van der Waals surface area contributed by atoms with Gasteiger partial charge < -0.3 is 4.74 Å². The number of hydrogen-bond donors (Lipinski definition) is 0. The summed E-state index contributed by atoms with van der Waals surface area (Å²) in [6.07, 6.45) is 1.57. The minimum absolute atomic E-state index is 0.0612. The number of methoxy groups -OCH3 is 1. The minimum atomic E-state index is -0.628. The van der Waals surface area contributed by atoms with Crippen LogP contribution in [-0.2, 0) is 4.74 Å². The molecular formula is C14H9N5O2. The van der Waals surface area contributed by atoms with Crippen LogP contribution >= 0.6 is 0 Å². The lowest BCUT2D eigenvalue weighted by Gasteiger charge is -2.03. The van der Waals surface area contributed by atoms with Gasteiger partial charge >= 0.3 is 5.97 Å². The Labute approximate surface area is 119 Å². The molecule has 0 fully saturated rings. The van der Waals surface area contributed by atoms with Gasteiger partial charge in [0.05, 0.1) is 24.4 Å². The highest BCUT2D eigenvalue weighted by Crippen LogP contribution is 2.20. The predicted octanol–water partition coefficient (Wildman–Crippen LogP) is 1.45. The zero-order valence-electron chi connectivity index (χ0n) is 11.0. The molecule has 0 saturated heterocycles. The summed E-state index contributed by atoms with van der Waals surface area (Å²) in [7, 11) is 1.26. The third kappa shape index (κ3) is 2.19. The zero-order chi connectivity index (χ0) is 14.8. The van der Waals surface area contributed by atoms with Crippen molar-refractivity contribution in [1.29, 1.82) is 5.26 Å². The Balaban J connectivity index is 2.20. The highest BCUT2D eigenvalue weighted by molar-refractivity contribution is 5.85. The molecule has 0 atom stereocenters. The van der Waals surface area contributed by atoms with E-state index in [1.807, 2.05) is 6.07 Å². The highest BCUT2D eigenvalue weighted by Gasteiger charge is 2.16. The average Bonchev–Trinajstić information content (AvgIpc) is 2.98. The number of nitriles is 1. The standard InChI is InChI=1S/C14H9N5O2/c1-21-13(20)12-17-14-16-6-5-11(19(14)18-12)10-4-2-3-9(7-10)8-15/h2-7H,1H3. The third-order valence-electron chi connectivity index (χ3n) is 2.90. The van der Waals surface area contributed by atoms with Gasteiger partial charge in [-0.3, -0.25) is 0 Å². The van der Waals surface area contributed by atoms with Gasteiger partial charge in [0.15, 0.2) is 0 Å². The van der Waals surface area contributed by atoms with Crippen LogP contribution in [0.5, 0.6) is 0 Å². The molecular weight excluding hydrogens is 270 g/mol. The number of carbonyl (C=O) groups excluding carboxylic acids is 1. The quantitative estimate of drug-likeness (QED) is 0.659. The maximum absolute atomic E-state index is 11.5. The Bertz CT molecular complexity index is 878. The maximum Gasteiger partial charge on any atom is 0.378 e. The summed E-state index contributed by atoms with van der Waals surface area (Å²) in [6, 6.07) is 10.9. The summed E-state index contributed by atoms with van der Waals surface area (Å²) in [5.41, 5.74) is 1.99. The normalized spacial score (nSPS) is 10.3. The SMILES string of the molecule is COC(=O)c1nc2nccc(-c3cccc(C#N)c3)n2n1. The number of fused-ring (bicyclic) bond motifs is 1. The van der Waals surface area contributed by atoms with E-state index in [-0.39, 0.29) is 11.6 Å². The molecule has 0 unspecified atom stereocenters. The van der Waals surface area contributed by atoms with E-state index < -0.39 is 5.97 Å². The van der Waals surface area contributed by atoms with Crippen molar-refractivity contribution >= 4 is 11.7 Å². The molecule has 1 aromatic carbocycles. The first kappa shape index (κ1) is 12.7. The first-order valence-corrected chi connectivity index (χ1v) is 6.03. The van der Waals surface area contributed by atoms with Gasteiger partial charge in [0.2, 0.25) is 0 Å². The van der Waals surface area contributed by atoms with Crippen LogP contribution in [0, 0.1) is 11.3 Å². The van der Waals surface area contributed by atoms with Crippen molar-refractivity contribution in [3.8, 4) is 17.3 Å². The molecule has 0 aliphatic heterocycles. The van der Waals surface area contributed by atoms with Crippen molar-refractivity contribution in [2.45, 2.75) is 0 Å². The number of ether oxygens (including phenoxy) is 1. The van der Waals surface area contributed by atoms with Crippen molar-refractivity contribution in [3.63, 3.8) is 0 Å². The number of esters is 1. The Morgan fingerprint density at radius 3 is 3.00 bits per heavy atom. The predicted molar refractivity (Wildman–Crippen MR) is 72.3 cm³/mol. The van der Waals surface area contributed by atoms with Crippen LogP contribution in [0.15, 0.2) is 36.5 Å². The second kappa shape index (κ2) is 5.02. The van der Waals surface area contributed by atoms with Gasteiger partial charge in [0, 0.05) is 11.8 Å². The smallest absolute Gasteiger partial charge is 0.378 e. The molecule has 2 aromatic heterocycles. The molecule has 102 valence electrons.